The first-order chi connectivity index (χ1) is 29.1. The van der Waals surface area contributed by atoms with Gasteiger partial charge >= 0.3 is 125 Å². The Bertz CT molecular complexity index is 1890. The molecule has 2 nitrogen and oxygen atoms in total. The molecule has 0 aromatic rings. The molecule has 0 unspecified atom stereocenters. The highest BCUT2D eigenvalue weighted by Crippen LogP contribution is 2.71. The molecule has 0 aromatic carbocycles. The van der Waals surface area contributed by atoms with E-state index in [2.05, 4.69) is 11.3 Å². The van der Waals surface area contributed by atoms with Crippen LogP contribution in [0.15, 0.2) is 12.2 Å². The molecule has 0 amide bonds. The van der Waals surface area contributed by atoms with Crippen LogP contribution in [0, 0.1) is 0 Å². The maximum atomic E-state index is 14.1. The fourth-order valence-electron chi connectivity index (χ4n) is 4.25. The first kappa shape index (κ1) is 65.3. The van der Waals surface area contributed by atoms with Crippen molar-refractivity contribution >= 4 is 5.97 Å². The van der Waals surface area contributed by atoms with Crippen LogP contribution in [-0.2, 0) is 9.53 Å². The van der Waals surface area contributed by atoms with Gasteiger partial charge in [-0.05, 0) is 6.92 Å². The van der Waals surface area contributed by atoms with E-state index in [1.165, 1.54) is 0 Å². The molecule has 0 atom stereocenters. The number of alkyl halides is 41. The quantitative estimate of drug-likeness (QED) is 0.0613. The molecule has 0 spiro atoms. The molecule has 0 aliphatic heterocycles. The molecule has 69 heavy (non-hydrogen) atoms. The SMILES string of the molecule is C=C(CC(F)(F)C(F)(F)C(F)(F)C(F)(F)C(F)(F)C(F)(F)C(F)(F)C(F)(F)C(F)(F)C(F)(F)C(F)(F)C(F)(F)C(F)(F)C(F)(F)C(F)(F)C(F)(F)C(F)(F)C(F)(F)C(F)(F)C(F)(F)F)C(=O)OCC. The van der Waals surface area contributed by atoms with Gasteiger partial charge in [-0.1, -0.05) is 6.58 Å². The third kappa shape index (κ3) is 7.77. The van der Waals surface area contributed by atoms with Crippen molar-refractivity contribution in [3.63, 3.8) is 0 Å². The van der Waals surface area contributed by atoms with E-state index in [1.54, 1.807) is 0 Å². The third-order valence-corrected chi connectivity index (χ3v) is 8.52. The lowest BCUT2D eigenvalue weighted by atomic mass is 9.81. The van der Waals surface area contributed by atoms with Crippen molar-refractivity contribution in [3.05, 3.63) is 12.2 Å². The molecule has 412 valence electrons. The van der Waals surface area contributed by atoms with Crippen molar-refractivity contribution in [2.24, 2.45) is 0 Å². The van der Waals surface area contributed by atoms with Crippen molar-refractivity contribution < 1.29 is 190 Å². The molecule has 0 aliphatic carbocycles. The summed E-state index contributed by atoms with van der Waals surface area (Å²) in [7, 11) is 0. The Kier molecular flexibility index (Phi) is 15.6. The van der Waals surface area contributed by atoms with E-state index in [0.717, 1.165) is 0 Å². The lowest BCUT2D eigenvalue weighted by molar-refractivity contribution is -0.495. The van der Waals surface area contributed by atoms with Crippen LogP contribution in [0.3, 0.4) is 0 Å². The van der Waals surface area contributed by atoms with Gasteiger partial charge in [0.15, 0.2) is 0 Å². The summed E-state index contributed by atoms with van der Waals surface area (Å²) in [5.74, 6) is -192. The van der Waals surface area contributed by atoms with Crippen LogP contribution in [0.25, 0.3) is 0 Å². The van der Waals surface area contributed by atoms with Crippen LogP contribution >= 0.6 is 0 Å². The zero-order valence-corrected chi connectivity index (χ0v) is 30.4. The van der Waals surface area contributed by atoms with Crippen LogP contribution in [0.2, 0.25) is 0 Å². The lowest BCUT2D eigenvalue weighted by Crippen LogP contribution is -2.80. The van der Waals surface area contributed by atoms with Crippen molar-refractivity contribution in [1.29, 1.82) is 0 Å². The van der Waals surface area contributed by atoms with Crippen LogP contribution < -0.4 is 0 Å². The fraction of sp³-hybridized carbons (Fsp3) is 0.885. The number of carbonyl (C=O) groups is 1. The van der Waals surface area contributed by atoms with Gasteiger partial charge in [-0.2, -0.15) is 180 Å². The standard InChI is InChI=1S/C26H9F41O2/c1-3-69-6(68)5(2)4-7(27,28)8(29,30)9(31,32)10(33,34)11(35,36)12(37,38)13(39,40)14(41,42)15(43,44)16(45,46)17(47,48)18(49,50)19(51,52)20(53,54)21(55,56)22(57,58)23(59,60)24(61,62)25(63,64)26(65,66)67/h2-4H2,1H3. The summed E-state index contributed by atoms with van der Waals surface area (Å²) in [6, 6.07) is 0. The minimum Gasteiger partial charge on any atom is -0.463 e. The monoisotopic (exact) mass is 1130 g/mol. The van der Waals surface area contributed by atoms with Gasteiger partial charge in [-0.15, -0.1) is 0 Å². The predicted molar refractivity (Wildman–Crippen MR) is 130 cm³/mol. The van der Waals surface area contributed by atoms with Crippen LogP contribution in [0.4, 0.5) is 180 Å². The number of carbonyl (C=O) groups excluding carboxylic acids is 1. The Hall–Kier alpha value is -3.66. The largest absolute Gasteiger partial charge is 0.463 e. The second-order valence-corrected chi connectivity index (χ2v) is 13.0. The summed E-state index contributed by atoms with van der Waals surface area (Å²) < 4.78 is 568. The van der Waals surface area contributed by atoms with E-state index in [-0.39, 0.29) is 0 Å². The normalized spacial score (nSPS) is 16.8. The summed E-state index contributed by atoms with van der Waals surface area (Å²) in [4.78, 5) is 11.2. The molecule has 0 aromatic heterocycles. The highest BCUT2D eigenvalue weighted by molar-refractivity contribution is 5.87. The average Bonchev–Trinajstić information content (AvgIpc) is 3.12. The Morgan fingerprint density at radius 2 is 0.435 bits per heavy atom. The molecule has 0 heterocycles. The fourth-order valence-corrected chi connectivity index (χ4v) is 4.25. The highest BCUT2D eigenvalue weighted by atomic mass is 19.4. The minimum atomic E-state index is -10.6. The minimum absolute atomic E-state index is 0.696. The Balaban J connectivity index is 7.95. The van der Waals surface area contributed by atoms with E-state index in [4.69, 9.17) is 0 Å². The number of ether oxygens (including phenoxy) is 1. The van der Waals surface area contributed by atoms with E-state index in [1.807, 2.05) is 0 Å². The molecule has 0 rings (SSSR count). The van der Waals surface area contributed by atoms with Crippen LogP contribution in [0.5, 0.6) is 0 Å². The van der Waals surface area contributed by atoms with Gasteiger partial charge in [-0.3, -0.25) is 0 Å². The molecular formula is C26H9F41O2. The van der Waals surface area contributed by atoms with Crippen molar-refractivity contribution in [1.82, 2.24) is 0 Å². The Morgan fingerprint density at radius 3 is 0.580 bits per heavy atom. The van der Waals surface area contributed by atoms with Gasteiger partial charge in [-0.25, -0.2) is 4.79 Å². The Morgan fingerprint density at radius 1 is 0.290 bits per heavy atom. The average molecular weight is 1130 g/mol. The van der Waals surface area contributed by atoms with Crippen molar-refractivity contribution in [2.75, 3.05) is 6.61 Å². The van der Waals surface area contributed by atoms with E-state index < -0.39 is 143 Å². The first-order valence-corrected chi connectivity index (χ1v) is 15.2. The number of hydrogen-bond donors (Lipinski definition) is 0. The summed E-state index contributed by atoms with van der Waals surface area (Å²) in [6.45, 7) is 1.72. The van der Waals surface area contributed by atoms with E-state index in [9.17, 15) is 185 Å². The predicted octanol–water partition coefficient (Wildman–Crippen LogP) is 14.1. The van der Waals surface area contributed by atoms with Gasteiger partial charge < -0.3 is 4.74 Å². The highest BCUT2D eigenvalue weighted by Gasteiger charge is 3.03. The second-order valence-electron chi connectivity index (χ2n) is 13.0. The molecular weight excluding hydrogens is 1120 g/mol. The molecule has 43 heteroatoms. The summed E-state index contributed by atoms with van der Waals surface area (Å²) in [5, 5.41) is 0. The van der Waals surface area contributed by atoms with Gasteiger partial charge in [0, 0.05) is 12.0 Å². The summed E-state index contributed by atoms with van der Waals surface area (Å²) in [6.07, 6.45) is -12.2. The van der Waals surface area contributed by atoms with Gasteiger partial charge in [0.25, 0.3) is 0 Å². The lowest BCUT2D eigenvalue weighted by Gasteiger charge is -2.47. The molecule has 0 fully saturated rings. The first-order valence-electron chi connectivity index (χ1n) is 15.2. The van der Waals surface area contributed by atoms with E-state index >= 15 is 0 Å². The summed E-state index contributed by atoms with van der Waals surface area (Å²) >= 11 is 0. The van der Waals surface area contributed by atoms with Crippen LogP contribution in [-0.4, -0.2) is 131 Å². The van der Waals surface area contributed by atoms with Gasteiger partial charge in [0.1, 0.15) is 0 Å². The molecule has 0 radical (unpaired) electrons. The third-order valence-electron chi connectivity index (χ3n) is 8.52. The Labute approximate surface area is 347 Å². The zero-order chi connectivity index (χ0) is 57.3. The van der Waals surface area contributed by atoms with Crippen molar-refractivity contribution in [3.8, 4) is 0 Å². The maximum absolute atomic E-state index is 14.1. The van der Waals surface area contributed by atoms with Crippen molar-refractivity contribution in [2.45, 2.75) is 132 Å². The van der Waals surface area contributed by atoms with Crippen LogP contribution in [0.1, 0.15) is 13.3 Å². The maximum Gasteiger partial charge on any atom is 0.460 e. The zero-order valence-electron chi connectivity index (χ0n) is 30.4. The second kappa shape index (κ2) is 16.4. The molecule has 0 N–H and O–H groups in total. The topological polar surface area (TPSA) is 26.3 Å². The molecule has 0 saturated heterocycles. The smallest absolute Gasteiger partial charge is 0.460 e. The number of rotatable bonds is 22. The summed E-state index contributed by atoms with van der Waals surface area (Å²) in [5.41, 5.74) is -2.35. The van der Waals surface area contributed by atoms with Gasteiger partial charge in [0.05, 0.1) is 6.61 Å². The van der Waals surface area contributed by atoms with E-state index in [0.29, 0.717) is 6.92 Å². The molecule has 0 bridgehead atoms. The number of halogens is 41. The molecule has 0 saturated carbocycles. The molecule has 0 aliphatic rings. The van der Waals surface area contributed by atoms with Gasteiger partial charge in [0.2, 0.25) is 0 Å². The number of esters is 1. The number of hydrogen-bond acceptors (Lipinski definition) is 2.